The Kier molecular flexibility index (Phi) is 5.50. The van der Waals surface area contributed by atoms with E-state index in [2.05, 4.69) is 10.2 Å². The molecule has 0 spiro atoms. The smallest absolute Gasteiger partial charge is 0.277 e. The summed E-state index contributed by atoms with van der Waals surface area (Å²) in [7, 11) is 0. The molecule has 0 aliphatic heterocycles. The van der Waals surface area contributed by atoms with Crippen molar-refractivity contribution in [3.8, 4) is 11.5 Å². The van der Waals surface area contributed by atoms with Gasteiger partial charge >= 0.3 is 0 Å². The van der Waals surface area contributed by atoms with Crippen LogP contribution in [0.5, 0.6) is 0 Å². The monoisotopic (exact) mass is 353 g/mol. The Morgan fingerprint density at radius 3 is 2.52 bits per heavy atom. The van der Waals surface area contributed by atoms with E-state index in [1.54, 1.807) is 4.90 Å². The first kappa shape index (κ1) is 17.2. The molecule has 0 unspecified atom stereocenters. The van der Waals surface area contributed by atoms with Gasteiger partial charge in [-0.05, 0) is 37.6 Å². The second-order valence-corrected chi connectivity index (χ2v) is 6.38. The number of hydrogen-bond acceptors (Lipinski definition) is 5. The van der Waals surface area contributed by atoms with E-state index >= 15 is 0 Å². The standard InChI is InChI=1S/C19H19N3O2S/c1-3-22(15-10-5-4-6-11-15)17(23)13-25-19-21-20-18(24-19)16-12-8-7-9-14(16)2/h4-12H,3,13H2,1-2H3. The zero-order chi connectivity index (χ0) is 17.6. The minimum atomic E-state index is 0.00865. The van der Waals surface area contributed by atoms with Gasteiger partial charge in [0.15, 0.2) is 0 Å². The normalized spacial score (nSPS) is 10.6. The summed E-state index contributed by atoms with van der Waals surface area (Å²) in [5, 5.41) is 8.52. The van der Waals surface area contributed by atoms with Crippen LogP contribution in [0.25, 0.3) is 11.5 Å². The summed E-state index contributed by atoms with van der Waals surface area (Å²) >= 11 is 1.26. The van der Waals surface area contributed by atoms with Crippen LogP contribution in [0.15, 0.2) is 64.2 Å². The Balaban J connectivity index is 1.66. The first-order valence-corrected chi connectivity index (χ1v) is 9.05. The van der Waals surface area contributed by atoms with E-state index in [0.717, 1.165) is 16.8 Å². The fourth-order valence-electron chi connectivity index (χ4n) is 2.50. The Labute approximate surface area is 151 Å². The van der Waals surface area contributed by atoms with Gasteiger partial charge in [-0.2, -0.15) is 0 Å². The Morgan fingerprint density at radius 2 is 1.80 bits per heavy atom. The highest BCUT2D eigenvalue weighted by Crippen LogP contribution is 2.26. The molecule has 3 aromatic rings. The quantitative estimate of drug-likeness (QED) is 0.622. The van der Waals surface area contributed by atoms with E-state index in [9.17, 15) is 4.79 Å². The van der Waals surface area contributed by atoms with Gasteiger partial charge in [-0.3, -0.25) is 4.79 Å². The number of amides is 1. The molecule has 1 amide bonds. The highest BCUT2D eigenvalue weighted by Gasteiger charge is 2.17. The molecule has 5 nitrogen and oxygen atoms in total. The van der Waals surface area contributed by atoms with Crippen molar-refractivity contribution in [2.24, 2.45) is 0 Å². The number of aromatic nitrogens is 2. The second-order valence-electron chi connectivity index (χ2n) is 5.45. The van der Waals surface area contributed by atoms with Crippen molar-refractivity contribution in [1.29, 1.82) is 0 Å². The topological polar surface area (TPSA) is 59.2 Å². The number of thioether (sulfide) groups is 1. The summed E-state index contributed by atoms with van der Waals surface area (Å²) in [4.78, 5) is 14.2. The molecule has 2 aromatic carbocycles. The Morgan fingerprint density at radius 1 is 1.08 bits per heavy atom. The van der Waals surface area contributed by atoms with Crippen molar-refractivity contribution in [3.05, 3.63) is 60.2 Å². The summed E-state index contributed by atoms with van der Waals surface area (Å²) in [6, 6.07) is 17.5. The fraction of sp³-hybridized carbons (Fsp3) is 0.211. The van der Waals surface area contributed by atoms with Crippen molar-refractivity contribution >= 4 is 23.4 Å². The van der Waals surface area contributed by atoms with Crippen LogP contribution >= 0.6 is 11.8 Å². The van der Waals surface area contributed by atoms with Gasteiger partial charge in [0.2, 0.25) is 11.8 Å². The summed E-state index contributed by atoms with van der Waals surface area (Å²) in [6.07, 6.45) is 0. The van der Waals surface area contributed by atoms with Crippen LogP contribution in [0.1, 0.15) is 12.5 Å². The number of carbonyl (C=O) groups is 1. The summed E-state index contributed by atoms with van der Waals surface area (Å²) in [5.74, 6) is 0.732. The number of benzene rings is 2. The molecule has 1 heterocycles. The van der Waals surface area contributed by atoms with Crippen molar-refractivity contribution in [1.82, 2.24) is 10.2 Å². The third-order valence-electron chi connectivity index (χ3n) is 3.79. The molecule has 3 rings (SSSR count). The van der Waals surface area contributed by atoms with E-state index < -0.39 is 0 Å². The molecular weight excluding hydrogens is 334 g/mol. The van der Waals surface area contributed by atoms with Gasteiger partial charge in [-0.25, -0.2) is 0 Å². The molecule has 0 saturated carbocycles. The Bertz CT molecular complexity index is 849. The lowest BCUT2D eigenvalue weighted by molar-refractivity contribution is -0.116. The van der Waals surface area contributed by atoms with Crippen molar-refractivity contribution in [3.63, 3.8) is 0 Å². The highest BCUT2D eigenvalue weighted by molar-refractivity contribution is 7.99. The lowest BCUT2D eigenvalue weighted by atomic mass is 10.1. The summed E-state index contributed by atoms with van der Waals surface area (Å²) in [6.45, 7) is 4.56. The molecule has 0 aliphatic carbocycles. The van der Waals surface area contributed by atoms with Crippen LogP contribution in [-0.2, 0) is 4.79 Å². The molecule has 0 N–H and O–H groups in total. The van der Waals surface area contributed by atoms with Gasteiger partial charge in [0.1, 0.15) is 0 Å². The zero-order valence-corrected chi connectivity index (χ0v) is 15.0. The highest BCUT2D eigenvalue weighted by atomic mass is 32.2. The number of anilines is 1. The molecule has 6 heteroatoms. The third kappa shape index (κ3) is 4.09. The van der Waals surface area contributed by atoms with Gasteiger partial charge in [0, 0.05) is 17.8 Å². The maximum absolute atomic E-state index is 12.5. The molecule has 0 fully saturated rings. The first-order chi connectivity index (χ1) is 12.2. The average molecular weight is 353 g/mol. The van der Waals surface area contributed by atoms with Crippen LogP contribution in [0.2, 0.25) is 0 Å². The maximum atomic E-state index is 12.5. The first-order valence-electron chi connectivity index (χ1n) is 8.06. The number of para-hydroxylation sites is 1. The predicted octanol–water partition coefficient (Wildman–Crippen LogP) is 4.19. The van der Waals surface area contributed by atoms with Crippen molar-refractivity contribution < 1.29 is 9.21 Å². The third-order valence-corrected chi connectivity index (χ3v) is 4.59. The summed E-state index contributed by atoms with van der Waals surface area (Å²) < 4.78 is 5.69. The Hall–Kier alpha value is -2.60. The molecular formula is C19H19N3O2S. The number of nitrogens with zero attached hydrogens (tertiary/aromatic N) is 3. The van der Waals surface area contributed by atoms with E-state index in [4.69, 9.17) is 4.42 Å². The van der Waals surface area contributed by atoms with Gasteiger partial charge in [-0.15, -0.1) is 10.2 Å². The molecule has 25 heavy (non-hydrogen) atoms. The van der Waals surface area contributed by atoms with Crippen LogP contribution in [0, 0.1) is 6.92 Å². The van der Waals surface area contributed by atoms with Crippen LogP contribution < -0.4 is 4.90 Å². The van der Waals surface area contributed by atoms with Crippen LogP contribution in [0.3, 0.4) is 0 Å². The number of rotatable bonds is 6. The van der Waals surface area contributed by atoms with E-state index in [1.165, 1.54) is 11.8 Å². The number of aryl methyl sites for hydroxylation is 1. The fourth-order valence-corrected chi connectivity index (χ4v) is 3.14. The second kappa shape index (κ2) is 7.98. The van der Waals surface area contributed by atoms with Crippen molar-refractivity contribution in [2.45, 2.75) is 19.1 Å². The molecule has 0 aliphatic rings. The van der Waals surface area contributed by atoms with Gasteiger partial charge in [0.25, 0.3) is 5.22 Å². The molecule has 128 valence electrons. The van der Waals surface area contributed by atoms with Crippen molar-refractivity contribution in [2.75, 3.05) is 17.2 Å². The molecule has 0 atom stereocenters. The minimum absolute atomic E-state index is 0.00865. The molecule has 0 radical (unpaired) electrons. The largest absolute Gasteiger partial charge is 0.411 e. The maximum Gasteiger partial charge on any atom is 0.277 e. The number of hydrogen-bond donors (Lipinski definition) is 0. The average Bonchev–Trinajstić information content (AvgIpc) is 3.11. The molecule has 1 aromatic heterocycles. The lowest BCUT2D eigenvalue weighted by Crippen LogP contribution is -2.32. The van der Waals surface area contributed by atoms with Crippen LogP contribution in [-0.4, -0.2) is 28.4 Å². The zero-order valence-electron chi connectivity index (χ0n) is 14.2. The van der Waals surface area contributed by atoms with Gasteiger partial charge in [0.05, 0.1) is 5.75 Å². The predicted molar refractivity (Wildman–Crippen MR) is 99.7 cm³/mol. The van der Waals surface area contributed by atoms with Crippen LogP contribution in [0.4, 0.5) is 5.69 Å². The molecule has 0 bridgehead atoms. The lowest BCUT2D eigenvalue weighted by Gasteiger charge is -2.20. The minimum Gasteiger partial charge on any atom is -0.411 e. The van der Waals surface area contributed by atoms with E-state index in [0.29, 0.717) is 17.7 Å². The van der Waals surface area contributed by atoms with E-state index in [-0.39, 0.29) is 11.7 Å². The van der Waals surface area contributed by atoms with E-state index in [1.807, 2.05) is 68.4 Å². The van der Waals surface area contributed by atoms with Gasteiger partial charge < -0.3 is 9.32 Å². The SMILES string of the molecule is CCN(C(=O)CSc1nnc(-c2ccccc2C)o1)c1ccccc1. The van der Waals surface area contributed by atoms with Gasteiger partial charge in [-0.1, -0.05) is 48.2 Å². The molecule has 0 saturated heterocycles. The summed E-state index contributed by atoms with van der Waals surface area (Å²) in [5.41, 5.74) is 2.87. The number of carbonyl (C=O) groups excluding carboxylic acids is 1.